The fourth-order valence-electron chi connectivity index (χ4n) is 1.22. The van der Waals surface area contributed by atoms with Crippen LogP contribution in [0.3, 0.4) is 0 Å². The summed E-state index contributed by atoms with van der Waals surface area (Å²) in [6.07, 6.45) is -0.131. The number of methoxy groups -OCH3 is 2. The first-order valence-electron chi connectivity index (χ1n) is 5.29. The Balaban J connectivity index is 4.15. The van der Waals surface area contributed by atoms with Gasteiger partial charge in [-0.3, -0.25) is 4.79 Å². The molecular weight excluding hydrogens is 228 g/mol. The number of aliphatic carboxylic acids is 1. The lowest BCUT2D eigenvalue weighted by Gasteiger charge is -2.16. The number of nitrogens with two attached hydrogens (primary N) is 1. The number of carbonyl (C=O) groups is 2. The molecule has 4 N–H and O–H groups in total. The lowest BCUT2D eigenvalue weighted by molar-refractivity contribution is -0.142. The van der Waals surface area contributed by atoms with Crippen molar-refractivity contribution in [1.82, 2.24) is 5.32 Å². The summed E-state index contributed by atoms with van der Waals surface area (Å²) < 4.78 is 9.70. The van der Waals surface area contributed by atoms with Gasteiger partial charge in [0.2, 0.25) is 5.91 Å². The van der Waals surface area contributed by atoms with Crippen LogP contribution >= 0.6 is 0 Å². The van der Waals surface area contributed by atoms with Gasteiger partial charge >= 0.3 is 5.97 Å². The Hall–Kier alpha value is -1.18. The number of hydrogen-bond acceptors (Lipinski definition) is 5. The highest BCUT2D eigenvalue weighted by molar-refractivity contribution is 5.83. The Kier molecular flexibility index (Phi) is 8.29. The Morgan fingerprint density at radius 1 is 1.41 bits per heavy atom. The van der Waals surface area contributed by atoms with Gasteiger partial charge in [-0.1, -0.05) is 0 Å². The standard InChI is InChI=1S/C10H20N2O5/c1-16-4-3-8(10(14)15)12-9(13)5-7(6-11)17-2/h7-8H,3-6,11H2,1-2H3,(H,12,13)(H,14,15). The van der Waals surface area contributed by atoms with Crippen LogP contribution in [-0.4, -0.2) is 56.5 Å². The highest BCUT2D eigenvalue weighted by Gasteiger charge is 2.21. The predicted octanol–water partition coefficient (Wildman–Crippen LogP) is -1.04. The number of carboxylic acids is 1. The van der Waals surface area contributed by atoms with Crippen LogP contribution in [0.5, 0.6) is 0 Å². The molecule has 0 aliphatic rings. The first-order valence-corrected chi connectivity index (χ1v) is 5.29. The Bertz CT molecular complexity index is 243. The van der Waals surface area contributed by atoms with Crippen LogP contribution in [0, 0.1) is 0 Å². The van der Waals surface area contributed by atoms with E-state index in [0.29, 0.717) is 0 Å². The van der Waals surface area contributed by atoms with Crippen LogP contribution < -0.4 is 11.1 Å². The maximum absolute atomic E-state index is 11.5. The number of hydrogen-bond donors (Lipinski definition) is 3. The van der Waals surface area contributed by atoms with E-state index in [4.69, 9.17) is 20.3 Å². The number of ether oxygens (including phenoxy) is 2. The monoisotopic (exact) mass is 248 g/mol. The Morgan fingerprint density at radius 3 is 2.47 bits per heavy atom. The van der Waals surface area contributed by atoms with Crippen LogP contribution in [0.2, 0.25) is 0 Å². The molecule has 7 nitrogen and oxygen atoms in total. The Labute approximate surface area is 100 Å². The number of amides is 1. The largest absolute Gasteiger partial charge is 0.480 e. The third kappa shape index (κ3) is 6.88. The van der Waals surface area contributed by atoms with Gasteiger partial charge < -0.3 is 25.6 Å². The van der Waals surface area contributed by atoms with Crippen LogP contribution in [0.1, 0.15) is 12.8 Å². The lowest BCUT2D eigenvalue weighted by Crippen LogP contribution is -2.43. The van der Waals surface area contributed by atoms with E-state index < -0.39 is 24.0 Å². The molecule has 2 unspecified atom stereocenters. The summed E-state index contributed by atoms with van der Waals surface area (Å²) in [5.41, 5.74) is 5.36. The van der Waals surface area contributed by atoms with Gasteiger partial charge in [-0.25, -0.2) is 4.79 Å². The van der Waals surface area contributed by atoms with Gasteiger partial charge in [0, 0.05) is 33.8 Å². The highest BCUT2D eigenvalue weighted by atomic mass is 16.5. The molecule has 0 fully saturated rings. The predicted molar refractivity (Wildman–Crippen MR) is 60.5 cm³/mol. The minimum atomic E-state index is -1.09. The number of carbonyl (C=O) groups excluding carboxylic acids is 1. The summed E-state index contributed by atoms with van der Waals surface area (Å²) >= 11 is 0. The van der Waals surface area contributed by atoms with Gasteiger partial charge in [-0.15, -0.1) is 0 Å². The van der Waals surface area contributed by atoms with Gasteiger partial charge in [-0.05, 0) is 0 Å². The van der Waals surface area contributed by atoms with E-state index in [1.54, 1.807) is 0 Å². The summed E-state index contributed by atoms with van der Waals surface area (Å²) in [6.45, 7) is 0.474. The maximum Gasteiger partial charge on any atom is 0.326 e. The van der Waals surface area contributed by atoms with E-state index in [0.717, 1.165) is 0 Å². The van der Waals surface area contributed by atoms with Crippen molar-refractivity contribution in [3.05, 3.63) is 0 Å². The first kappa shape index (κ1) is 15.8. The first-order chi connectivity index (χ1) is 8.04. The van der Waals surface area contributed by atoms with Gasteiger partial charge in [0.1, 0.15) is 6.04 Å². The van der Waals surface area contributed by atoms with Crippen molar-refractivity contribution >= 4 is 11.9 Å². The molecule has 0 saturated carbocycles. The molecule has 0 saturated heterocycles. The van der Waals surface area contributed by atoms with Crippen molar-refractivity contribution < 1.29 is 24.2 Å². The molecule has 0 heterocycles. The summed E-state index contributed by atoms with van der Waals surface area (Å²) in [7, 11) is 2.92. The second kappa shape index (κ2) is 8.91. The molecule has 0 aromatic heterocycles. The van der Waals surface area contributed by atoms with Crippen molar-refractivity contribution in [2.24, 2.45) is 5.73 Å². The molecule has 100 valence electrons. The summed E-state index contributed by atoms with van der Waals surface area (Å²) in [4.78, 5) is 22.3. The van der Waals surface area contributed by atoms with Crippen molar-refractivity contribution in [2.75, 3.05) is 27.4 Å². The number of nitrogens with one attached hydrogen (secondary N) is 1. The average molecular weight is 248 g/mol. The molecule has 0 aliphatic heterocycles. The molecular formula is C10H20N2O5. The second-order valence-electron chi connectivity index (χ2n) is 3.54. The van der Waals surface area contributed by atoms with Crippen LogP contribution in [0.4, 0.5) is 0 Å². The lowest BCUT2D eigenvalue weighted by atomic mass is 10.2. The smallest absolute Gasteiger partial charge is 0.326 e. The topological polar surface area (TPSA) is 111 Å². The second-order valence-corrected chi connectivity index (χ2v) is 3.54. The Morgan fingerprint density at radius 2 is 2.06 bits per heavy atom. The third-order valence-corrected chi connectivity index (χ3v) is 2.25. The normalized spacial score (nSPS) is 14.1. The zero-order valence-corrected chi connectivity index (χ0v) is 10.1. The molecule has 1 amide bonds. The van der Waals surface area contributed by atoms with Crippen molar-refractivity contribution in [3.63, 3.8) is 0 Å². The number of carboxylic acid groups (broad SMARTS) is 1. The minimum absolute atomic E-state index is 0.0454. The van der Waals surface area contributed by atoms with Crippen molar-refractivity contribution in [2.45, 2.75) is 25.0 Å². The molecule has 0 spiro atoms. The molecule has 7 heteroatoms. The van der Waals surface area contributed by atoms with Gasteiger partial charge in [-0.2, -0.15) is 0 Å². The summed E-state index contributed by atoms with van der Waals surface area (Å²) in [5, 5.41) is 11.3. The van der Waals surface area contributed by atoms with Crippen LogP contribution in [0.25, 0.3) is 0 Å². The van der Waals surface area contributed by atoms with Gasteiger partial charge in [0.05, 0.1) is 12.5 Å². The van der Waals surface area contributed by atoms with E-state index in [-0.39, 0.29) is 26.0 Å². The minimum Gasteiger partial charge on any atom is -0.480 e. The van der Waals surface area contributed by atoms with E-state index in [1.807, 2.05) is 0 Å². The quantitative estimate of drug-likeness (QED) is 0.480. The van der Waals surface area contributed by atoms with Gasteiger partial charge in [0.25, 0.3) is 0 Å². The highest BCUT2D eigenvalue weighted by Crippen LogP contribution is 1.98. The zero-order valence-electron chi connectivity index (χ0n) is 10.1. The summed E-state index contributed by atoms with van der Waals surface area (Å²) in [6, 6.07) is -0.947. The SMILES string of the molecule is COCCC(NC(=O)CC(CN)OC)C(=O)O. The third-order valence-electron chi connectivity index (χ3n) is 2.25. The van der Waals surface area contributed by atoms with Crippen molar-refractivity contribution in [1.29, 1.82) is 0 Å². The molecule has 0 rings (SSSR count). The zero-order chi connectivity index (χ0) is 13.3. The van der Waals surface area contributed by atoms with E-state index in [1.165, 1.54) is 14.2 Å². The van der Waals surface area contributed by atoms with E-state index in [2.05, 4.69) is 5.32 Å². The van der Waals surface area contributed by atoms with E-state index >= 15 is 0 Å². The molecule has 2 atom stereocenters. The van der Waals surface area contributed by atoms with Crippen molar-refractivity contribution in [3.8, 4) is 0 Å². The fraction of sp³-hybridized carbons (Fsp3) is 0.800. The maximum atomic E-state index is 11.5. The molecule has 17 heavy (non-hydrogen) atoms. The van der Waals surface area contributed by atoms with Crippen LogP contribution in [0.15, 0.2) is 0 Å². The summed E-state index contributed by atoms with van der Waals surface area (Å²) in [5.74, 6) is -1.48. The molecule has 0 aromatic rings. The fourth-order valence-corrected chi connectivity index (χ4v) is 1.22. The van der Waals surface area contributed by atoms with Crippen LogP contribution in [-0.2, 0) is 19.1 Å². The average Bonchev–Trinajstić information content (AvgIpc) is 2.30. The molecule has 0 radical (unpaired) electrons. The van der Waals surface area contributed by atoms with E-state index in [9.17, 15) is 9.59 Å². The molecule has 0 aliphatic carbocycles. The molecule has 0 bridgehead atoms. The molecule has 0 aromatic carbocycles. The number of rotatable bonds is 9. The van der Waals surface area contributed by atoms with Gasteiger partial charge in [0.15, 0.2) is 0 Å².